The van der Waals surface area contributed by atoms with Crippen LogP contribution < -0.4 is 5.56 Å². The highest BCUT2D eigenvalue weighted by Gasteiger charge is 2.03. The largest absolute Gasteiger partial charge is 0.327 e. The molecule has 0 saturated carbocycles. The quantitative estimate of drug-likeness (QED) is 0.844. The van der Waals surface area contributed by atoms with Crippen LogP contribution in [0.2, 0.25) is 0 Å². The first-order valence-corrected chi connectivity index (χ1v) is 4.86. The van der Waals surface area contributed by atoms with Crippen molar-refractivity contribution in [3.8, 4) is 11.3 Å². The van der Waals surface area contributed by atoms with Crippen LogP contribution in [0.5, 0.6) is 0 Å². The molecule has 3 nitrogen and oxygen atoms in total. The summed E-state index contributed by atoms with van der Waals surface area (Å²) in [5, 5.41) is 0. The topological polar surface area (TPSA) is 45.8 Å². The zero-order valence-corrected chi connectivity index (χ0v) is 8.78. The Labute approximate surface area is 89.0 Å². The summed E-state index contributed by atoms with van der Waals surface area (Å²) in [5.74, 6) is 0. The Hall–Kier alpha value is -1.42. The average Bonchev–Trinajstić information content (AvgIpc) is 2.23. The second-order valence-electron chi connectivity index (χ2n) is 2.78. The molecular weight excluding hydrogens is 244 g/mol. The molecule has 0 bridgehead atoms. The van der Waals surface area contributed by atoms with E-state index >= 15 is 0 Å². The van der Waals surface area contributed by atoms with Crippen molar-refractivity contribution in [2.45, 2.75) is 0 Å². The Kier molecular flexibility index (Phi) is 2.45. The van der Waals surface area contributed by atoms with Gasteiger partial charge in [0.1, 0.15) is 0 Å². The van der Waals surface area contributed by atoms with Crippen LogP contribution in [0.4, 0.5) is 0 Å². The standard InChI is InChI=1S/C10H7BrN2O/c11-7-5-8(10(14)13-6-7)9-3-1-2-4-12-9/h1-6H,(H,13,14). The normalized spacial score (nSPS) is 10.1. The summed E-state index contributed by atoms with van der Waals surface area (Å²) >= 11 is 3.30. The van der Waals surface area contributed by atoms with Gasteiger partial charge in [-0.1, -0.05) is 6.07 Å². The zero-order chi connectivity index (χ0) is 9.97. The maximum Gasteiger partial charge on any atom is 0.257 e. The number of aromatic amines is 1. The first kappa shape index (κ1) is 9.15. The number of hydrogen-bond acceptors (Lipinski definition) is 2. The smallest absolute Gasteiger partial charge is 0.257 e. The SMILES string of the molecule is O=c1[nH]cc(Br)cc1-c1ccccn1. The van der Waals surface area contributed by atoms with Crippen LogP contribution in [0.25, 0.3) is 11.3 Å². The van der Waals surface area contributed by atoms with Gasteiger partial charge in [-0.3, -0.25) is 9.78 Å². The minimum Gasteiger partial charge on any atom is -0.327 e. The van der Waals surface area contributed by atoms with E-state index in [1.165, 1.54) is 0 Å². The van der Waals surface area contributed by atoms with Gasteiger partial charge in [0, 0.05) is 16.9 Å². The summed E-state index contributed by atoms with van der Waals surface area (Å²) in [7, 11) is 0. The third-order valence-corrected chi connectivity index (χ3v) is 2.27. The van der Waals surface area contributed by atoms with Gasteiger partial charge in [-0.2, -0.15) is 0 Å². The van der Waals surface area contributed by atoms with Gasteiger partial charge >= 0.3 is 0 Å². The van der Waals surface area contributed by atoms with E-state index in [0.717, 1.165) is 4.47 Å². The Balaban J connectivity index is 2.63. The lowest BCUT2D eigenvalue weighted by atomic mass is 10.2. The van der Waals surface area contributed by atoms with Crippen LogP contribution in [0, 0.1) is 0 Å². The van der Waals surface area contributed by atoms with E-state index in [-0.39, 0.29) is 5.56 Å². The molecule has 0 aromatic carbocycles. The number of aromatic nitrogens is 2. The van der Waals surface area contributed by atoms with E-state index in [1.807, 2.05) is 12.1 Å². The molecule has 2 aromatic heterocycles. The predicted octanol–water partition coefficient (Wildman–Crippen LogP) is 2.20. The number of pyridine rings is 2. The van der Waals surface area contributed by atoms with Crippen molar-refractivity contribution in [2.24, 2.45) is 0 Å². The lowest BCUT2D eigenvalue weighted by Crippen LogP contribution is -2.08. The van der Waals surface area contributed by atoms with Crippen molar-refractivity contribution in [2.75, 3.05) is 0 Å². The van der Waals surface area contributed by atoms with Crippen molar-refractivity contribution in [1.82, 2.24) is 9.97 Å². The number of rotatable bonds is 1. The maximum atomic E-state index is 11.5. The molecule has 0 unspecified atom stereocenters. The first-order valence-electron chi connectivity index (χ1n) is 4.07. The Morgan fingerprint density at radius 1 is 1.36 bits per heavy atom. The fourth-order valence-electron chi connectivity index (χ4n) is 1.17. The van der Waals surface area contributed by atoms with E-state index in [0.29, 0.717) is 11.3 Å². The maximum absolute atomic E-state index is 11.5. The van der Waals surface area contributed by atoms with E-state index < -0.39 is 0 Å². The van der Waals surface area contributed by atoms with Crippen molar-refractivity contribution in [3.63, 3.8) is 0 Å². The highest BCUT2D eigenvalue weighted by Crippen LogP contribution is 2.15. The number of nitrogens with one attached hydrogen (secondary N) is 1. The highest BCUT2D eigenvalue weighted by molar-refractivity contribution is 9.10. The summed E-state index contributed by atoms with van der Waals surface area (Å²) in [6.45, 7) is 0. The van der Waals surface area contributed by atoms with Crippen molar-refractivity contribution in [1.29, 1.82) is 0 Å². The summed E-state index contributed by atoms with van der Waals surface area (Å²) in [6, 6.07) is 7.22. The molecule has 0 amide bonds. The molecule has 0 saturated heterocycles. The van der Waals surface area contributed by atoms with Crippen LogP contribution in [0.3, 0.4) is 0 Å². The van der Waals surface area contributed by atoms with Crippen LogP contribution in [-0.2, 0) is 0 Å². The lowest BCUT2D eigenvalue weighted by molar-refractivity contribution is 1.20. The van der Waals surface area contributed by atoms with E-state index in [4.69, 9.17) is 0 Å². The van der Waals surface area contributed by atoms with Crippen LogP contribution >= 0.6 is 15.9 Å². The van der Waals surface area contributed by atoms with E-state index in [9.17, 15) is 4.79 Å². The zero-order valence-electron chi connectivity index (χ0n) is 7.20. The molecule has 0 atom stereocenters. The van der Waals surface area contributed by atoms with Gasteiger partial charge < -0.3 is 4.98 Å². The van der Waals surface area contributed by atoms with Gasteiger partial charge in [-0.15, -0.1) is 0 Å². The Morgan fingerprint density at radius 3 is 2.93 bits per heavy atom. The molecule has 0 fully saturated rings. The lowest BCUT2D eigenvalue weighted by Gasteiger charge is -1.98. The van der Waals surface area contributed by atoms with Crippen LogP contribution in [-0.4, -0.2) is 9.97 Å². The summed E-state index contributed by atoms with van der Waals surface area (Å²) in [5.41, 5.74) is 1.11. The summed E-state index contributed by atoms with van der Waals surface area (Å²) in [4.78, 5) is 18.2. The molecule has 14 heavy (non-hydrogen) atoms. The van der Waals surface area contributed by atoms with Gasteiger partial charge in [0.05, 0.1) is 11.3 Å². The molecule has 0 radical (unpaired) electrons. The summed E-state index contributed by atoms with van der Waals surface area (Å²) < 4.78 is 0.831. The third-order valence-electron chi connectivity index (χ3n) is 1.81. The van der Waals surface area contributed by atoms with Crippen LogP contribution in [0.15, 0.2) is 45.9 Å². The Morgan fingerprint density at radius 2 is 2.21 bits per heavy atom. The van der Waals surface area contributed by atoms with Gasteiger partial charge in [-0.25, -0.2) is 0 Å². The van der Waals surface area contributed by atoms with Crippen LogP contribution in [0.1, 0.15) is 0 Å². The summed E-state index contributed by atoms with van der Waals surface area (Å²) in [6.07, 6.45) is 3.27. The van der Waals surface area contributed by atoms with Gasteiger partial charge in [0.25, 0.3) is 5.56 Å². The molecule has 0 aliphatic heterocycles. The molecule has 1 N–H and O–H groups in total. The minimum absolute atomic E-state index is 0.132. The fraction of sp³-hybridized carbons (Fsp3) is 0. The second-order valence-corrected chi connectivity index (χ2v) is 3.69. The molecule has 2 aromatic rings. The molecule has 0 aliphatic rings. The molecule has 2 rings (SSSR count). The number of nitrogens with zero attached hydrogens (tertiary/aromatic N) is 1. The van der Waals surface area contributed by atoms with E-state index in [2.05, 4.69) is 25.9 Å². The molecular formula is C10H7BrN2O. The molecule has 4 heteroatoms. The fourth-order valence-corrected chi connectivity index (χ4v) is 1.51. The van der Waals surface area contributed by atoms with Gasteiger partial charge in [0.2, 0.25) is 0 Å². The predicted molar refractivity (Wildman–Crippen MR) is 58.0 cm³/mol. The molecule has 0 aliphatic carbocycles. The van der Waals surface area contributed by atoms with Crippen molar-refractivity contribution >= 4 is 15.9 Å². The number of halogens is 1. The molecule has 70 valence electrons. The highest BCUT2D eigenvalue weighted by atomic mass is 79.9. The molecule has 0 spiro atoms. The first-order chi connectivity index (χ1) is 6.77. The van der Waals surface area contributed by atoms with Crippen molar-refractivity contribution < 1.29 is 0 Å². The Bertz CT molecular complexity index is 493. The van der Waals surface area contributed by atoms with Gasteiger partial charge in [0.15, 0.2) is 0 Å². The number of hydrogen-bond donors (Lipinski definition) is 1. The van der Waals surface area contributed by atoms with Gasteiger partial charge in [-0.05, 0) is 34.1 Å². The minimum atomic E-state index is -0.132. The van der Waals surface area contributed by atoms with E-state index in [1.54, 1.807) is 24.5 Å². The third kappa shape index (κ3) is 1.75. The van der Waals surface area contributed by atoms with Crippen molar-refractivity contribution in [3.05, 3.63) is 51.5 Å². The second kappa shape index (κ2) is 3.75. The monoisotopic (exact) mass is 250 g/mol. The molecule has 2 heterocycles. The number of H-pyrrole nitrogens is 1. The average molecular weight is 251 g/mol.